The fourth-order valence-electron chi connectivity index (χ4n) is 2.49. The molecule has 1 aliphatic heterocycles. The molecule has 0 amide bonds. The molecule has 1 unspecified atom stereocenters. The van der Waals surface area contributed by atoms with E-state index in [9.17, 15) is 0 Å². The maximum Gasteiger partial charge on any atom is 0.228 e. The molecule has 20 heavy (non-hydrogen) atoms. The molecule has 2 aromatic rings. The fourth-order valence-corrected chi connectivity index (χ4v) is 2.49. The van der Waals surface area contributed by atoms with Gasteiger partial charge < -0.3 is 9.84 Å². The van der Waals surface area contributed by atoms with Crippen LogP contribution in [0.3, 0.4) is 0 Å². The predicted molar refractivity (Wildman–Crippen MR) is 81.1 cm³/mol. The van der Waals surface area contributed by atoms with E-state index in [1.54, 1.807) is 0 Å². The van der Waals surface area contributed by atoms with Gasteiger partial charge in [-0.3, -0.25) is 0 Å². The first-order valence-electron chi connectivity index (χ1n) is 7.00. The van der Waals surface area contributed by atoms with E-state index >= 15 is 0 Å². The van der Waals surface area contributed by atoms with Crippen molar-refractivity contribution in [1.82, 2.24) is 15.5 Å². The second-order valence-electron chi connectivity index (χ2n) is 5.06. The molecule has 1 aromatic carbocycles. The average Bonchev–Trinajstić information content (AvgIpc) is 3.11. The van der Waals surface area contributed by atoms with E-state index < -0.39 is 0 Å². The molecule has 1 N–H and O–H groups in total. The van der Waals surface area contributed by atoms with Crippen LogP contribution < -0.4 is 5.32 Å². The summed E-state index contributed by atoms with van der Waals surface area (Å²) in [7, 11) is 0. The van der Waals surface area contributed by atoms with Crippen molar-refractivity contribution in [3.8, 4) is 11.4 Å². The molecule has 108 valence electrons. The summed E-state index contributed by atoms with van der Waals surface area (Å²) in [5.41, 5.74) is 2.34. The molecule has 4 nitrogen and oxygen atoms in total. The molecule has 1 fully saturated rings. The smallest absolute Gasteiger partial charge is 0.228 e. The Morgan fingerprint density at radius 1 is 1.30 bits per heavy atom. The van der Waals surface area contributed by atoms with Gasteiger partial charge in [-0.2, -0.15) is 4.98 Å². The molecule has 0 saturated carbocycles. The van der Waals surface area contributed by atoms with Gasteiger partial charge in [0.1, 0.15) is 0 Å². The zero-order chi connectivity index (χ0) is 13.1. The van der Waals surface area contributed by atoms with Crippen molar-refractivity contribution >= 4 is 12.4 Å². The van der Waals surface area contributed by atoms with E-state index in [0.29, 0.717) is 11.9 Å². The van der Waals surface area contributed by atoms with Crippen molar-refractivity contribution in [3.05, 3.63) is 35.7 Å². The summed E-state index contributed by atoms with van der Waals surface area (Å²) in [6.07, 6.45) is 4.32. The highest BCUT2D eigenvalue weighted by atomic mass is 35.5. The highest BCUT2D eigenvalue weighted by Gasteiger charge is 2.18. The average molecular weight is 294 g/mol. The Morgan fingerprint density at radius 3 is 2.75 bits per heavy atom. The van der Waals surface area contributed by atoms with Gasteiger partial charge in [0.25, 0.3) is 0 Å². The molecule has 1 atom stereocenters. The van der Waals surface area contributed by atoms with Crippen molar-refractivity contribution in [3.63, 3.8) is 0 Å². The van der Waals surface area contributed by atoms with Gasteiger partial charge in [0.05, 0.1) is 0 Å². The third-order valence-electron chi connectivity index (χ3n) is 3.67. The van der Waals surface area contributed by atoms with Gasteiger partial charge >= 0.3 is 0 Å². The molecular formula is C15H20ClN3O. The van der Waals surface area contributed by atoms with Crippen molar-refractivity contribution < 1.29 is 4.52 Å². The Kier molecular flexibility index (Phi) is 5.15. The van der Waals surface area contributed by atoms with Gasteiger partial charge in [-0.05, 0) is 31.4 Å². The predicted octanol–water partition coefficient (Wildman–Crippen LogP) is 3.02. The number of nitrogens with zero attached hydrogens (tertiary/aromatic N) is 2. The van der Waals surface area contributed by atoms with Gasteiger partial charge in [-0.1, -0.05) is 36.3 Å². The molecule has 0 radical (unpaired) electrons. The topological polar surface area (TPSA) is 51.0 Å². The Morgan fingerprint density at radius 2 is 2.10 bits per heavy atom. The number of nitrogens with one attached hydrogen (secondary N) is 1. The minimum absolute atomic E-state index is 0. The highest BCUT2D eigenvalue weighted by Crippen LogP contribution is 2.18. The van der Waals surface area contributed by atoms with Gasteiger partial charge in [-0.25, -0.2) is 0 Å². The highest BCUT2D eigenvalue weighted by molar-refractivity contribution is 5.85. The van der Waals surface area contributed by atoms with Crippen LogP contribution in [0, 0.1) is 0 Å². The lowest BCUT2D eigenvalue weighted by Crippen LogP contribution is -2.23. The normalized spacial score (nSPS) is 17.9. The van der Waals surface area contributed by atoms with Gasteiger partial charge in [-0.15, -0.1) is 12.4 Å². The summed E-state index contributed by atoms with van der Waals surface area (Å²) in [5, 5.41) is 7.51. The van der Waals surface area contributed by atoms with E-state index in [0.717, 1.165) is 30.8 Å². The van der Waals surface area contributed by atoms with Crippen LogP contribution in [0.2, 0.25) is 0 Å². The lowest BCUT2D eigenvalue weighted by molar-refractivity contribution is 0.364. The van der Waals surface area contributed by atoms with Crippen molar-refractivity contribution in [1.29, 1.82) is 0 Å². The van der Waals surface area contributed by atoms with Crippen molar-refractivity contribution in [2.75, 3.05) is 6.54 Å². The number of aromatic nitrogens is 2. The van der Waals surface area contributed by atoms with Gasteiger partial charge in [0.15, 0.2) is 0 Å². The monoisotopic (exact) mass is 293 g/mol. The van der Waals surface area contributed by atoms with Crippen molar-refractivity contribution in [2.45, 2.75) is 38.6 Å². The van der Waals surface area contributed by atoms with Crippen LogP contribution >= 0.6 is 12.4 Å². The van der Waals surface area contributed by atoms with Crippen LogP contribution in [0.15, 0.2) is 28.8 Å². The van der Waals surface area contributed by atoms with E-state index in [4.69, 9.17) is 4.52 Å². The number of benzene rings is 1. The summed E-state index contributed by atoms with van der Waals surface area (Å²) in [6, 6.07) is 8.84. The number of hydrogen-bond acceptors (Lipinski definition) is 4. The summed E-state index contributed by atoms with van der Waals surface area (Å²) in [6.45, 7) is 3.25. The number of halogens is 1. The summed E-state index contributed by atoms with van der Waals surface area (Å²) >= 11 is 0. The Hall–Kier alpha value is -1.39. The van der Waals surface area contributed by atoms with E-state index in [1.165, 1.54) is 18.4 Å². The van der Waals surface area contributed by atoms with Crippen LogP contribution in [0.5, 0.6) is 0 Å². The molecule has 0 spiro atoms. The molecular weight excluding hydrogens is 274 g/mol. The Balaban J connectivity index is 0.00000147. The minimum atomic E-state index is 0. The lowest BCUT2D eigenvalue weighted by Gasteiger charge is -2.04. The van der Waals surface area contributed by atoms with E-state index in [-0.39, 0.29) is 12.4 Å². The molecule has 0 bridgehead atoms. The summed E-state index contributed by atoms with van der Waals surface area (Å²) < 4.78 is 5.34. The van der Waals surface area contributed by atoms with Crippen LogP contribution in [0.4, 0.5) is 0 Å². The molecule has 1 saturated heterocycles. The summed E-state index contributed by atoms with van der Waals surface area (Å²) in [5.74, 6) is 1.42. The van der Waals surface area contributed by atoms with Crippen LogP contribution in [0.25, 0.3) is 11.4 Å². The van der Waals surface area contributed by atoms with E-state index in [1.807, 2.05) is 0 Å². The Labute approximate surface area is 125 Å². The quantitative estimate of drug-likeness (QED) is 0.941. The third-order valence-corrected chi connectivity index (χ3v) is 3.67. The first kappa shape index (κ1) is 15.0. The van der Waals surface area contributed by atoms with Crippen LogP contribution in [-0.4, -0.2) is 22.7 Å². The van der Waals surface area contributed by atoms with E-state index in [2.05, 4.69) is 46.6 Å². The third kappa shape index (κ3) is 3.38. The van der Waals surface area contributed by atoms with Crippen molar-refractivity contribution in [2.24, 2.45) is 0 Å². The lowest BCUT2D eigenvalue weighted by atomic mass is 10.1. The fraction of sp³-hybridized carbons (Fsp3) is 0.467. The SMILES string of the molecule is CCc1ccc(-c2noc(CC3CCCN3)n2)cc1.Cl. The van der Waals surface area contributed by atoms with Gasteiger partial charge in [0.2, 0.25) is 11.7 Å². The maximum atomic E-state index is 5.34. The largest absolute Gasteiger partial charge is 0.339 e. The first-order chi connectivity index (χ1) is 9.35. The molecule has 2 heterocycles. The van der Waals surface area contributed by atoms with Crippen LogP contribution in [0.1, 0.15) is 31.2 Å². The zero-order valence-corrected chi connectivity index (χ0v) is 12.4. The molecule has 1 aromatic heterocycles. The number of hydrogen-bond donors (Lipinski definition) is 1. The number of rotatable bonds is 4. The standard InChI is InChI=1S/C15H19N3O.ClH/c1-2-11-5-7-12(8-6-11)15-17-14(19-18-15)10-13-4-3-9-16-13;/h5-8,13,16H,2-4,9-10H2,1H3;1H. The second kappa shape index (κ2) is 6.86. The molecule has 5 heteroatoms. The molecule has 3 rings (SSSR count). The molecule has 1 aliphatic rings. The van der Waals surface area contributed by atoms with Gasteiger partial charge in [0, 0.05) is 18.0 Å². The number of aryl methyl sites for hydroxylation is 1. The second-order valence-corrected chi connectivity index (χ2v) is 5.06. The van der Waals surface area contributed by atoms with Crippen LogP contribution in [-0.2, 0) is 12.8 Å². The minimum Gasteiger partial charge on any atom is -0.339 e. The first-order valence-corrected chi connectivity index (χ1v) is 7.00. The summed E-state index contributed by atoms with van der Waals surface area (Å²) in [4.78, 5) is 4.48. The molecule has 0 aliphatic carbocycles. The maximum absolute atomic E-state index is 5.34. The zero-order valence-electron chi connectivity index (χ0n) is 11.6. The Bertz CT molecular complexity index is 532.